The molecule has 0 aromatic heterocycles. The lowest BCUT2D eigenvalue weighted by Gasteiger charge is -2.27. The molecule has 10 heteroatoms. The average molecular weight is 512 g/mol. The SMILES string of the molecule is CC(=O)N[C@H](NC(=S)Nc1cc(C)c(Br)cc1Br)C(Cl)(Cl)Cl. The quantitative estimate of drug-likeness (QED) is 0.314. The minimum Gasteiger partial charge on any atom is -0.339 e. The Morgan fingerprint density at radius 3 is 2.32 bits per heavy atom. The molecule has 0 spiro atoms. The predicted octanol–water partition coefficient (Wildman–Crippen LogP) is 4.64. The van der Waals surface area contributed by atoms with Crippen LogP contribution in [0, 0.1) is 6.92 Å². The van der Waals surface area contributed by atoms with Crippen LogP contribution >= 0.6 is 78.9 Å². The molecule has 0 saturated carbocycles. The molecule has 0 saturated heterocycles. The van der Waals surface area contributed by atoms with Crippen molar-refractivity contribution in [2.24, 2.45) is 0 Å². The van der Waals surface area contributed by atoms with E-state index in [2.05, 4.69) is 47.8 Å². The molecule has 0 bridgehead atoms. The second-order valence-corrected chi connectivity index (χ2v) is 8.84. The number of hydrogen-bond donors (Lipinski definition) is 3. The average Bonchev–Trinajstić information content (AvgIpc) is 2.33. The van der Waals surface area contributed by atoms with Gasteiger partial charge in [0.05, 0.1) is 5.69 Å². The Kier molecular flexibility index (Phi) is 7.69. The molecule has 3 N–H and O–H groups in total. The van der Waals surface area contributed by atoms with Crippen LogP contribution in [0.4, 0.5) is 5.69 Å². The van der Waals surface area contributed by atoms with Gasteiger partial charge in [0.25, 0.3) is 0 Å². The molecule has 1 amide bonds. The molecule has 1 rings (SSSR count). The topological polar surface area (TPSA) is 53.2 Å². The van der Waals surface area contributed by atoms with E-state index in [0.29, 0.717) is 0 Å². The zero-order chi connectivity index (χ0) is 17.1. The first kappa shape index (κ1) is 20.3. The van der Waals surface area contributed by atoms with Crippen LogP contribution in [0.2, 0.25) is 0 Å². The van der Waals surface area contributed by atoms with Gasteiger partial charge in [-0.15, -0.1) is 0 Å². The first-order valence-corrected chi connectivity index (χ1v) is 9.00. The lowest BCUT2D eigenvalue weighted by atomic mass is 10.2. The summed E-state index contributed by atoms with van der Waals surface area (Å²) in [7, 11) is 0. The molecule has 0 aliphatic carbocycles. The standard InChI is InChI=1S/C12H12Br2Cl3N3OS/c1-5-3-9(8(14)4-7(5)13)19-11(22)20-10(12(15,16)17)18-6(2)21/h3-4,10H,1-2H3,(H,18,21)(H2,19,20,22)/t10-/m1/s1. The van der Waals surface area contributed by atoms with Gasteiger partial charge in [-0.1, -0.05) is 50.7 Å². The van der Waals surface area contributed by atoms with Gasteiger partial charge in [-0.2, -0.15) is 0 Å². The smallest absolute Gasteiger partial charge is 0.228 e. The molecule has 122 valence electrons. The Labute approximate surface area is 165 Å². The monoisotopic (exact) mass is 509 g/mol. The highest BCUT2D eigenvalue weighted by atomic mass is 79.9. The zero-order valence-corrected chi connectivity index (χ0v) is 17.7. The second kappa shape index (κ2) is 8.35. The van der Waals surface area contributed by atoms with Crippen molar-refractivity contribution in [2.75, 3.05) is 5.32 Å². The predicted molar refractivity (Wildman–Crippen MR) is 104 cm³/mol. The zero-order valence-electron chi connectivity index (χ0n) is 11.4. The molecule has 0 aliphatic rings. The van der Waals surface area contributed by atoms with E-state index in [0.717, 1.165) is 20.2 Å². The highest BCUT2D eigenvalue weighted by Gasteiger charge is 2.34. The van der Waals surface area contributed by atoms with E-state index in [4.69, 9.17) is 47.0 Å². The summed E-state index contributed by atoms with van der Waals surface area (Å²) < 4.78 is 0.00452. The fourth-order valence-electron chi connectivity index (χ4n) is 1.45. The molecule has 22 heavy (non-hydrogen) atoms. The number of nitrogens with one attached hydrogen (secondary N) is 3. The summed E-state index contributed by atoms with van der Waals surface area (Å²) in [6, 6.07) is 3.78. The maximum Gasteiger partial charge on any atom is 0.228 e. The highest BCUT2D eigenvalue weighted by molar-refractivity contribution is 9.11. The fraction of sp³-hybridized carbons (Fsp3) is 0.333. The number of benzene rings is 1. The summed E-state index contributed by atoms with van der Waals surface area (Å²) in [4.78, 5) is 11.2. The van der Waals surface area contributed by atoms with Crippen LogP contribution in [-0.4, -0.2) is 21.0 Å². The Hall–Kier alpha value is 0.210. The van der Waals surface area contributed by atoms with Gasteiger partial charge in [-0.3, -0.25) is 4.79 Å². The third kappa shape index (κ3) is 6.37. The number of halogens is 5. The van der Waals surface area contributed by atoms with E-state index in [-0.39, 0.29) is 11.0 Å². The van der Waals surface area contributed by atoms with Crippen LogP contribution in [0.15, 0.2) is 21.1 Å². The molecule has 0 unspecified atom stereocenters. The van der Waals surface area contributed by atoms with Crippen LogP contribution in [0.5, 0.6) is 0 Å². The van der Waals surface area contributed by atoms with Gasteiger partial charge in [0.2, 0.25) is 9.70 Å². The number of anilines is 1. The number of aryl methyl sites for hydroxylation is 1. The number of carbonyl (C=O) groups excluding carboxylic acids is 1. The van der Waals surface area contributed by atoms with Crippen molar-refractivity contribution in [3.8, 4) is 0 Å². The van der Waals surface area contributed by atoms with Gasteiger partial charge in [0.15, 0.2) is 5.11 Å². The van der Waals surface area contributed by atoms with Crippen molar-refractivity contribution in [2.45, 2.75) is 23.8 Å². The van der Waals surface area contributed by atoms with Crippen LogP contribution in [0.25, 0.3) is 0 Å². The summed E-state index contributed by atoms with van der Waals surface area (Å²) in [6.45, 7) is 3.26. The third-order valence-electron chi connectivity index (χ3n) is 2.45. The molecule has 0 heterocycles. The molecule has 0 radical (unpaired) electrons. The molecule has 1 atom stereocenters. The summed E-state index contributed by atoms with van der Waals surface area (Å²) in [6.07, 6.45) is -0.967. The van der Waals surface area contributed by atoms with E-state index in [9.17, 15) is 4.79 Å². The lowest BCUT2D eigenvalue weighted by molar-refractivity contribution is -0.119. The normalized spacial score (nSPS) is 12.5. The molecule has 0 fully saturated rings. The molecule has 0 aliphatic heterocycles. The fourth-order valence-corrected chi connectivity index (χ4v) is 3.09. The van der Waals surface area contributed by atoms with Crippen LogP contribution in [-0.2, 0) is 4.79 Å². The Morgan fingerprint density at radius 1 is 1.23 bits per heavy atom. The summed E-state index contributed by atoms with van der Waals surface area (Å²) in [5.41, 5.74) is 1.76. The third-order valence-corrected chi connectivity index (χ3v) is 4.83. The number of carbonyl (C=O) groups is 1. The Morgan fingerprint density at radius 2 is 1.82 bits per heavy atom. The van der Waals surface area contributed by atoms with Crippen molar-refractivity contribution < 1.29 is 4.79 Å². The minimum atomic E-state index is -1.76. The van der Waals surface area contributed by atoms with Gasteiger partial charge < -0.3 is 16.0 Å². The van der Waals surface area contributed by atoms with Gasteiger partial charge in [-0.05, 0) is 52.8 Å². The number of hydrogen-bond acceptors (Lipinski definition) is 2. The van der Waals surface area contributed by atoms with Crippen molar-refractivity contribution >= 4 is 95.6 Å². The number of rotatable bonds is 3. The van der Waals surface area contributed by atoms with Crippen LogP contribution in [0.1, 0.15) is 12.5 Å². The first-order valence-electron chi connectivity index (χ1n) is 5.87. The van der Waals surface area contributed by atoms with Crippen molar-refractivity contribution in [3.63, 3.8) is 0 Å². The Bertz CT molecular complexity index is 596. The van der Waals surface area contributed by atoms with Crippen molar-refractivity contribution in [3.05, 3.63) is 26.6 Å². The number of alkyl halides is 3. The van der Waals surface area contributed by atoms with E-state index in [1.807, 2.05) is 19.1 Å². The summed E-state index contributed by atoms with van der Waals surface area (Å²) in [5, 5.41) is 8.42. The molecule has 1 aromatic rings. The van der Waals surface area contributed by atoms with Gasteiger partial charge in [0.1, 0.15) is 6.17 Å². The number of amides is 1. The van der Waals surface area contributed by atoms with E-state index < -0.39 is 9.96 Å². The minimum absolute atomic E-state index is 0.201. The first-order chi connectivity index (χ1) is 10.0. The van der Waals surface area contributed by atoms with Crippen molar-refractivity contribution in [1.29, 1.82) is 0 Å². The van der Waals surface area contributed by atoms with Gasteiger partial charge in [-0.25, -0.2) is 0 Å². The maximum atomic E-state index is 11.2. The van der Waals surface area contributed by atoms with Crippen LogP contribution in [0.3, 0.4) is 0 Å². The second-order valence-electron chi connectivity index (χ2n) is 4.35. The lowest BCUT2D eigenvalue weighted by Crippen LogP contribution is -2.55. The van der Waals surface area contributed by atoms with E-state index >= 15 is 0 Å². The molecule has 1 aromatic carbocycles. The maximum absolute atomic E-state index is 11.2. The number of thiocarbonyl (C=S) groups is 1. The van der Waals surface area contributed by atoms with Crippen molar-refractivity contribution in [1.82, 2.24) is 10.6 Å². The van der Waals surface area contributed by atoms with E-state index in [1.54, 1.807) is 0 Å². The Balaban J connectivity index is 2.84. The molecular weight excluding hydrogens is 500 g/mol. The van der Waals surface area contributed by atoms with E-state index in [1.165, 1.54) is 6.92 Å². The summed E-state index contributed by atoms with van der Waals surface area (Å²) in [5.74, 6) is -0.354. The highest BCUT2D eigenvalue weighted by Crippen LogP contribution is 2.31. The molecular formula is C12H12Br2Cl3N3OS. The molecule has 4 nitrogen and oxygen atoms in total. The van der Waals surface area contributed by atoms with Crippen LogP contribution < -0.4 is 16.0 Å². The summed E-state index contributed by atoms with van der Waals surface area (Å²) >= 11 is 29.5. The largest absolute Gasteiger partial charge is 0.339 e. The van der Waals surface area contributed by atoms with Gasteiger partial charge in [0, 0.05) is 15.9 Å². The van der Waals surface area contributed by atoms with Gasteiger partial charge >= 0.3 is 0 Å².